The summed E-state index contributed by atoms with van der Waals surface area (Å²) in [7, 11) is -3.79. The highest BCUT2D eigenvalue weighted by molar-refractivity contribution is 9.10. The summed E-state index contributed by atoms with van der Waals surface area (Å²) in [6.45, 7) is 1.95. The molecule has 0 fully saturated rings. The van der Waals surface area contributed by atoms with Crippen molar-refractivity contribution in [3.05, 3.63) is 101 Å². The molecule has 1 N–H and O–H groups in total. The lowest BCUT2D eigenvalue weighted by Gasteiger charge is -2.33. The van der Waals surface area contributed by atoms with Gasteiger partial charge in [-0.3, -0.25) is 13.9 Å². The molecule has 0 spiro atoms. The highest BCUT2D eigenvalue weighted by Gasteiger charge is 2.32. The summed E-state index contributed by atoms with van der Waals surface area (Å²) in [6.07, 6.45) is 1.36. The number of halogens is 1. The summed E-state index contributed by atoms with van der Waals surface area (Å²) in [6, 6.07) is 24.7. The summed E-state index contributed by atoms with van der Waals surface area (Å²) in [5.74, 6) is -0.768. The second-order valence-electron chi connectivity index (χ2n) is 8.36. The molecule has 3 aromatic rings. The Labute approximate surface area is 221 Å². The second-order valence-corrected chi connectivity index (χ2v) is 11.2. The van der Waals surface area contributed by atoms with Gasteiger partial charge in [0, 0.05) is 24.0 Å². The van der Waals surface area contributed by atoms with Crippen LogP contribution in [0.15, 0.2) is 89.4 Å². The van der Waals surface area contributed by atoms with E-state index in [4.69, 9.17) is 0 Å². The fraction of sp³-hybridized carbons (Fsp3) is 0.259. The smallest absolute Gasteiger partial charge is 0.244 e. The van der Waals surface area contributed by atoms with Crippen LogP contribution in [0.4, 0.5) is 5.69 Å². The van der Waals surface area contributed by atoms with Crippen molar-refractivity contribution in [2.24, 2.45) is 0 Å². The fourth-order valence-electron chi connectivity index (χ4n) is 3.87. The van der Waals surface area contributed by atoms with E-state index >= 15 is 0 Å². The number of likely N-dealkylation sites (N-methyl/N-ethyl adjacent to an activating group) is 1. The molecule has 0 saturated carbocycles. The number of nitrogens with one attached hydrogen (secondary N) is 1. The van der Waals surface area contributed by atoms with Gasteiger partial charge in [-0.1, -0.05) is 82.7 Å². The number of anilines is 1. The lowest BCUT2D eigenvalue weighted by Crippen LogP contribution is -2.53. The molecule has 0 heterocycles. The standard InChI is InChI=1S/C27H30BrN3O4S/c1-3-29-27(33)25(17-21-11-6-4-7-12-21)30(19-22-13-8-5-9-14-22)26(32)20-31(36(2,34)35)24-16-10-15-23(28)18-24/h4-16,18,25H,3,17,19-20H2,1-2H3,(H,29,33)/t25-/m1/s1. The fourth-order valence-corrected chi connectivity index (χ4v) is 5.10. The van der Waals surface area contributed by atoms with E-state index in [1.807, 2.05) is 67.6 Å². The summed E-state index contributed by atoms with van der Waals surface area (Å²) in [5.41, 5.74) is 2.09. The molecule has 0 unspecified atom stereocenters. The third kappa shape index (κ3) is 7.66. The molecule has 36 heavy (non-hydrogen) atoms. The van der Waals surface area contributed by atoms with Crippen LogP contribution in [0, 0.1) is 0 Å². The van der Waals surface area contributed by atoms with Gasteiger partial charge in [0.15, 0.2) is 0 Å². The van der Waals surface area contributed by atoms with Gasteiger partial charge in [0.05, 0.1) is 11.9 Å². The monoisotopic (exact) mass is 571 g/mol. The normalized spacial score (nSPS) is 12.0. The zero-order chi connectivity index (χ0) is 26.1. The van der Waals surface area contributed by atoms with Gasteiger partial charge in [-0.15, -0.1) is 0 Å². The molecular weight excluding hydrogens is 542 g/mol. The van der Waals surface area contributed by atoms with Gasteiger partial charge in [0.1, 0.15) is 12.6 Å². The van der Waals surface area contributed by atoms with Gasteiger partial charge in [-0.05, 0) is 36.2 Å². The molecule has 3 rings (SSSR count). The number of carbonyl (C=O) groups excluding carboxylic acids is 2. The number of hydrogen-bond acceptors (Lipinski definition) is 4. The first-order chi connectivity index (χ1) is 17.2. The molecule has 2 amide bonds. The summed E-state index contributed by atoms with van der Waals surface area (Å²) in [5, 5.41) is 2.84. The Kier molecular flexibility index (Phi) is 9.66. The first-order valence-corrected chi connectivity index (χ1v) is 14.2. The Bertz CT molecular complexity index is 1270. The van der Waals surface area contributed by atoms with Gasteiger partial charge in [-0.2, -0.15) is 0 Å². The number of nitrogens with zero attached hydrogens (tertiary/aromatic N) is 2. The van der Waals surface area contributed by atoms with E-state index in [0.717, 1.165) is 21.7 Å². The minimum Gasteiger partial charge on any atom is -0.355 e. The summed E-state index contributed by atoms with van der Waals surface area (Å²) >= 11 is 3.36. The van der Waals surface area contributed by atoms with Gasteiger partial charge < -0.3 is 10.2 Å². The van der Waals surface area contributed by atoms with E-state index in [1.165, 1.54) is 4.90 Å². The number of carbonyl (C=O) groups is 2. The third-order valence-electron chi connectivity index (χ3n) is 5.59. The van der Waals surface area contributed by atoms with Gasteiger partial charge in [-0.25, -0.2) is 8.42 Å². The van der Waals surface area contributed by atoms with Crippen LogP contribution in [-0.2, 0) is 32.6 Å². The molecule has 0 aliphatic heterocycles. The minimum absolute atomic E-state index is 0.157. The predicted molar refractivity (Wildman–Crippen MR) is 146 cm³/mol. The molecular formula is C27H30BrN3O4S. The number of benzene rings is 3. The molecule has 0 bridgehead atoms. The van der Waals surface area contributed by atoms with E-state index in [1.54, 1.807) is 24.3 Å². The van der Waals surface area contributed by atoms with Crippen molar-refractivity contribution in [2.75, 3.05) is 23.7 Å². The van der Waals surface area contributed by atoms with Gasteiger partial charge in [0.25, 0.3) is 0 Å². The Morgan fingerprint density at radius 2 is 1.53 bits per heavy atom. The molecule has 9 heteroatoms. The maximum absolute atomic E-state index is 13.8. The molecule has 0 radical (unpaired) electrons. The zero-order valence-corrected chi connectivity index (χ0v) is 22.7. The largest absolute Gasteiger partial charge is 0.355 e. The first kappa shape index (κ1) is 27.4. The van der Waals surface area contributed by atoms with Crippen molar-refractivity contribution in [3.63, 3.8) is 0 Å². The van der Waals surface area contributed by atoms with Crippen LogP contribution in [0.2, 0.25) is 0 Å². The maximum Gasteiger partial charge on any atom is 0.244 e. The Morgan fingerprint density at radius 3 is 2.08 bits per heavy atom. The van der Waals surface area contributed by atoms with E-state index < -0.39 is 28.5 Å². The minimum atomic E-state index is -3.79. The van der Waals surface area contributed by atoms with Gasteiger partial charge >= 0.3 is 0 Å². The van der Waals surface area contributed by atoms with Crippen LogP contribution in [0.3, 0.4) is 0 Å². The van der Waals surface area contributed by atoms with E-state index in [2.05, 4.69) is 21.2 Å². The highest BCUT2D eigenvalue weighted by Crippen LogP contribution is 2.23. The third-order valence-corrected chi connectivity index (χ3v) is 7.23. The van der Waals surface area contributed by atoms with E-state index in [9.17, 15) is 18.0 Å². The van der Waals surface area contributed by atoms with Crippen molar-refractivity contribution < 1.29 is 18.0 Å². The van der Waals surface area contributed by atoms with Crippen LogP contribution in [0.5, 0.6) is 0 Å². The van der Waals surface area contributed by atoms with Crippen LogP contribution < -0.4 is 9.62 Å². The van der Waals surface area contributed by atoms with Crippen LogP contribution in [-0.4, -0.2) is 50.5 Å². The molecule has 0 aliphatic rings. The number of amides is 2. The van der Waals surface area contributed by atoms with Crippen molar-refractivity contribution in [1.82, 2.24) is 10.2 Å². The van der Waals surface area contributed by atoms with Crippen molar-refractivity contribution >= 4 is 43.5 Å². The quantitative estimate of drug-likeness (QED) is 0.377. The Balaban J connectivity index is 2.01. The SMILES string of the molecule is CCNC(=O)[C@@H](Cc1ccccc1)N(Cc1ccccc1)C(=O)CN(c1cccc(Br)c1)S(C)(=O)=O. The molecule has 190 valence electrons. The topological polar surface area (TPSA) is 86.8 Å². The van der Waals surface area contributed by atoms with Crippen LogP contribution in [0.1, 0.15) is 18.1 Å². The summed E-state index contributed by atoms with van der Waals surface area (Å²) < 4.78 is 27.2. The Hall–Kier alpha value is -3.17. The van der Waals surface area contributed by atoms with Crippen LogP contribution >= 0.6 is 15.9 Å². The highest BCUT2D eigenvalue weighted by atomic mass is 79.9. The first-order valence-electron chi connectivity index (χ1n) is 11.6. The average Bonchev–Trinajstić information content (AvgIpc) is 2.85. The Morgan fingerprint density at radius 1 is 0.917 bits per heavy atom. The lowest BCUT2D eigenvalue weighted by molar-refractivity contribution is -0.140. The number of sulfonamides is 1. The summed E-state index contributed by atoms with van der Waals surface area (Å²) in [4.78, 5) is 28.5. The van der Waals surface area contributed by atoms with Crippen molar-refractivity contribution in [2.45, 2.75) is 25.9 Å². The van der Waals surface area contributed by atoms with Crippen molar-refractivity contribution in [3.8, 4) is 0 Å². The average molecular weight is 573 g/mol. The predicted octanol–water partition coefficient (Wildman–Crippen LogP) is 3.99. The zero-order valence-electron chi connectivity index (χ0n) is 20.3. The molecule has 3 aromatic carbocycles. The van der Waals surface area contributed by atoms with Crippen LogP contribution in [0.25, 0.3) is 0 Å². The van der Waals surface area contributed by atoms with E-state index in [-0.39, 0.29) is 12.5 Å². The second kappa shape index (κ2) is 12.7. The van der Waals surface area contributed by atoms with Gasteiger partial charge in [0.2, 0.25) is 21.8 Å². The molecule has 7 nitrogen and oxygen atoms in total. The molecule has 0 aliphatic carbocycles. The molecule has 0 saturated heterocycles. The molecule has 0 aromatic heterocycles. The number of rotatable bonds is 11. The van der Waals surface area contributed by atoms with Crippen molar-refractivity contribution in [1.29, 1.82) is 0 Å². The maximum atomic E-state index is 13.8. The van der Waals surface area contributed by atoms with E-state index in [0.29, 0.717) is 23.1 Å². The number of hydrogen-bond donors (Lipinski definition) is 1. The lowest BCUT2D eigenvalue weighted by atomic mass is 10.0. The molecule has 1 atom stereocenters.